The van der Waals surface area contributed by atoms with Gasteiger partial charge in [0.2, 0.25) is 0 Å². The summed E-state index contributed by atoms with van der Waals surface area (Å²) in [6.45, 7) is 3.53. The first-order chi connectivity index (χ1) is 14.7. The van der Waals surface area contributed by atoms with Crippen LogP contribution in [0.1, 0.15) is 42.9 Å². The second-order valence-electron chi connectivity index (χ2n) is 8.23. The first-order valence-corrected chi connectivity index (χ1v) is 10.9. The van der Waals surface area contributed by atoms with Crippen LogP contribution >= 0.6 is 0 Å². The van der Waals surface area contributed by atoms with Crippen LogP contribution in [0, 0.1) is 0 Å². The molecule has 0 saturated carbocycles. The number of hydrogen-bond donors (Lipinski definition) is 0. The van der Waals surface area contributed by atoms with Gasteiger partial charge < -0.3 is 4.57 Å². The first kappa shape index (κ1) is 18.9. The average molecular weight is 399 g/mol. The van der Waals surface area contributed by atoms with E-state index in [0.29, 0.717) is 13.0 Å². The lowest BCUT2D eigenvalue weighted by Crippen LogP contribution is -2.27. The molecule has 0 atom stereocenters. The predicted molar refractivity (Wildman–Crippen MR) is 122 cm³/mol. The van der Waals surface area contributed by atoms with E-state index in [1.165, 1.54) is 0 Å². The van der Waals surface area contributed by atoms with E-state index in [9.17, 15) is 9.59 Å². The number of unbranched alkanes of at least 4 members (excludes halogenated alkanes) is 2. The normalized spacial score (nSPS) is 12.8. The van der Waals surface area contributed by atoms with Crippen molar-refractivity contribution in [2.45, 2.75) is 52.1 Å². The van der Waals surface area contributed by atoms with E-state index in [-0.39, 0.29) is 11.0 Å². The fraction of sp³-hybridized carbons (Fsp3) is 0.308. The van der Waals surface area contributed by atoms with Crippen molar-refractivity contribution in [1.29, 1.82) is 0 Å². The molecule has 4 heteroatoms. The van der Waals surface area contributed by atoms with E-state index < -0.39 is 0 Å². The maximum absolute atomic E-state index is 13.7. The Balaban J connectivity index is 1.86. The maximum Gasteiger partial charge on any atom is 0.256 e. The van der Waals surface area contributed by atoms with E-state index in [1.54, 1.807) is 0 Å². The summed E-state index contributed by atoms with van der Waals surface area (Å²) >= 11 is 0. The van der Waals surface area contributed by atoms with Crippen LogP contribution in [-0.4, -0.2) is 9.13 Å². The number of aromatic nitrogens is 2. The number of fused-ring (bicyclic) bond motifs is 2. The second-order valence-corrected chi connectivity index (χ2v) is 8.23. The van der Waals surface area contributed by atoms with Gasteiger partial charge in [0, 0.05) is 30.5 Å². The highest BCUT2D eigenvalue weighted by Crippen LogP contribution is 2.28. The largest absolute Gasteiger partial charge is 0.325 e. The Kier molecular flexibility index (Phi) is 4.78. The van der Waals surface area contributed by atoms with Gasteiger partial charge in [0.05, 0.1) is 10.9 Å². The Hall–Kier alpha value is -3.14. The number of pyridine rings is 2. The van der Waals surface area contributed by atoms with Gasteiger partial charge in [-0.2, -0.15) is 0 Å². The van der Waals surface area contributed by atoms with Crippen LogP contribution in [0.5, 0.6) is 0 Å². The third kappa shape index (κ3) is 2.90. The lowest BCUT2D eigenvalue weighted by Gasteiger charge is -2.17. The number of rotatable bonds is 6. The minimum Gasteiger partial charge on any atom is -0.325 e. The molecular weight excluding hydrogens is 372 g/mol. The van der Waals surface area contributed by atoms with Crippen molar-refractivity contribution < 1.29 is 0 Å². The molecule has 0 bridgehead atoms. The van der Waals surface area contributed by atoms with Crippen molar-refractivity contribution in [3.05, 3.63) is 91.9 Å². The minimum absolute atomic E-state index is 0.0633. The van der Waals surface area contributed by atoms with Gasteiger partial charge in [0.15, 0.2) is 5.43 Å². The standard InChI is InChI=1S/C26H26N2O2/c1-2-3-5-12-19-21(17-18-10-6-4-7-11-18)26(30)28-16-15-27-22-14-9-8-13-20(22)24(29)23(19)25(27)28/h4,6-11,13-14H,2-3,5,12,15-17H2,1H3. The zero-order valence-electron chi connectivity index (χ0n) is 17.4. The van der Waals surface area contributed by atoms with Crippen LogP contribution in [0.25, 0.3) is 21.9 Å². The van der Waals surface area contributed by atoms with Crippen molar-refractivity contribution in [2.24, 2.45) is 0 Å². The minimum atomic E-state index is 0.0633. The number of nitrogens with zero attached hydrogens (tertiary/aromatic N) is 2. The highest BCUT2D eigenvalue weighted by atomic mass is 16.1. The van der Waals surface area contributed by atoms with Crippen molar-refractivity contribution in [2.75, 3.05) is 0 Å². The molecule has 2 aromatic carbocycles. The molecule has 1 aliphatic rings. The number of aryl methyl sites for hydroxylation is 3. The lowest BCUT2D eigenvalue weighted by molar-refractivity contribution is 0.674. The van der Waals surface area contributed by atoms with Gasteiger partial charge in [-0.05, 0) is 36.1 Å². The van der Waals surface area contributed by atoms with E-state index in [2.05, 4.69) is 23.6 Å². The number of benzene rings is 2. The molecule has 0 saturated heterocycles. The maximum atomic E-state index is 13.7. The van der Waals surface area contributed by atoms with E-state index in [4.69, 9.17) is 0 Å². The van der Waals surface area contributed by atoms with E-state index in [1.807, 2.05) is 47.0 Å². The molecule has 4 nitrogen and oxygen atoms in total. The van der Waals surface area contributed by atoms with E-state index >= 15 is 0 Å². The van der Waals surface area contributed by atoms with Crippen LogP contribution in [0.4, 0.5) is 0 Å². The average Bonchev–Trinajstić information content (AvgIpc) is 3.22. The molecule has 0 amide bonds. The molecule has 0 unspecified atom stereocenters. The third-order valence-corrected chi connectivity index (χ3v) is 6.37. The summed E-state index contributed by atoms with van der Waals surface area (Å²) in [7, 11) is 0. The first-order valence-electron chi connectivity index (χ1n) is 10.9. The Morgan fingerprint density at radius 1 is 0.833 bits per heavy atom. The van der Waals surface area contributed by atoms with Crippen LogP contribution in [0.2, 0.25) is 0 Å². The summed E-state index contributed by atoms with van der Waals surface area (Å²) in [5.74, 6) is 0. The summed E-state index contributed by atoms with van der Waals surface area (Å²) in [6.07, 6.45) is 4.54. The highest BCUT2D eigenvalue weighted by molar-refractivity contribution is 5.94. The molecule has 0 N–H and O–H groups in total. The zero-order valence-corrected chi connectivity index (χ0v) is 17.4. The van der Waals surface area contributed by atoms with E-state index in [0.717, 1.165) is 70.9 Å². The molecule has 5 rings (SSSR count). The monoisotopic (exact) mass is 398 g/mol. The Bertz CT molecular complexity index is 1360. The Morgan fingerprint density at radius 3 is 2.37 bits per heavy atom. The van der Waals surface area contributed by atoms with Gasteiger partial charge in [0.1, 0.15) is 5.65 Å². The summed E-state index contributed by atoms with van der Waals surface area (Å²) in [4.78, 5) is 27.3. The molecular formula is C26H26N2O2. The van der Waals surface area contributed by atoms with Crippen LogP contribution < -0.4 is 11.0 Å². The van der Waals surface area contributed by atoms with Crippen LogP contribution in [0.3, 0.4) is 0 Å². The predicted octanol–water partition coefficient (Wildman–Crippen LogP) is 4.65. The molecule has 152 valence electrons. The molecule has 2 aromatic heterocycles. The second kappa shape index (κ2) is 7.60. The molecule has 0 aliphatic carbocycles. The Morgan fingerprint density at radius 2 is 1.57 bits per heavy atom. The molecule has 0 spiro atoms. The fourth-order valence-corrected chi connectivity index (χ4v) is 4.92. The lowest BCUT2D eigenvalue weighted by atomic mass is 9.93. The van der Waals surface area contributed by atoms with Gasteiger partial charge in [-0.3, -0.25) is 14.2 Å². The van der Waals surface area contributed by atoms with Crippen LogP contribution in [0.15, 0.2) is 64.2 Å². The molecule has 1 aliphatic heterocycles. The molecule has 4 aromatic rings. The summed E-state index contributed by atoms with van der Waals surface area (Å²) in [6, 6.07) is 17.9. The van der Waals surface area contributed by atoms with Crippen molar-refractivity contribution in [3.63, 3.8) is 0 Å². The zero-order chi connectivity index (χ0) is 20.7. The van der Waals surface area contributed by atoms with Gasteiger partial charge in [-0.15, -0.1) is 0 Å². The quantitative estimate of drug-likeness (QED) is 0.350. The summed E-state index contributed by atoms with van der Waals surface area (Å²) in [5, 5.41) is 1.51. The van der Waals surface area contributed by atoms with Crippen LogP contribution in [-0.2, 0) is 25.9 Å². The molecule has 30 heavy (non-hydrogen) atoms. The Labute approximate surface area is 175 Å². The molecule has 3 heterocycles. The van der Waals surface area contributed by atoms with Gasteiger partial charge >= 0.3 is 0 Å². The van der Waals surface area contributed by atoms with Crippen molar-refractivity contribution in [1.82, 2.24) is 9.13 Å². The smallest absolute Gasteiger partial charge is 0.256 e. The molecule has 0 radical (unpaired) electrons. The third-order valence-electron chi connectivity index (χ3n) is 6.37. The van der Waals surface area contributed by atoms with Crippen molar-refractivity contribution >= 4 is 21.9 Å². The summed E-state index contributed by atoms with van der Waals surface area (Å²) in [5.41, 5.74) is 4.74. The fourth-order valence-electron chi connectivity index (χ4n) is 4.92. The SMILES string of the molecule is CCCCCc1c(Cc2ccccc2)c(=O)n2c3c1c(=O)c1ccccc1n3CC2. The topological polar surface area (TPSA) is 44.0 Å². The van der Waals surface area contributed by atoms with Crippen molar-refractivity contribution in [3.8, 4) is 0 Å². The van der Waals surface area contributed by atoms with Gasteiger partial charge in [-0.25, -0.2) is 0 Å². The number of para-hydroxylation sites is 1. The van der Waals surface area contributed by atoms with Gasteiger partial charge in [-0.1, -0.05) is 62.2 Å². The highest BCUT2D eigenvalue weighted by Gasteiger charge is 2.26. The summed E-state index contributed by atoms with van der Waals surface area (Å²) < 4.78 is 4.01. The molecule has 0 fully saturated rings. The van der Waals surface area contributed by atoms with Gasteiger partial charge in [0.25, 0.3) is 5.56 Å². The number of hydrogen-bond acceptors (Lipinski definition) is 2.